The van der Waals surface area contributed by atoms with E-state index in [1.165, 1.54) is 19.3 Å². The van der Waals surface area contributed by atoms with Gasteiger partial charge in [-0.2, -0.15) is 0 Å². The number of carbonyl (C=O) groups is 1. The zero-order valence-corrected chi connectivity index (χ0v) is 11.5. The Hall–Kier alpha value is -0.570. The van der Waals surface area contributed by atoms with E-state index in [2.05, 4.69) is 24.1 Å². The largest absolute Gasteiger partial charge is 0.343 e. The average molecular weight is 240 g/mol. The standard InChI is InChI=1S/C14H28N2O/c1-3-5-6-7-14(17)16-11-8-13(9-12-16)15-10-4-2/h13,15H,3-12H2,1-2H3. The number of piperidine rings is 1. The molecule has 3 heteroatoms. The number of unbranched alkanes of at least 4 members (excludes halogenated alkanes) is 2. The lowest BCUT2D eigenvalue weighted by Crippen LogP contribution is -2.45. The van der Waals surface area contributed by atoms with E-state index in [0.29, 0.717) is 11.9 Å². The molecule has 0 unspecified atom stereocenters. The van der Waals surface area contributed by atoms with Gasteiger partial charge in [0.2, 0.25) is 5.91 Å². The van der Waals surface area contributed by atoms with Gasteiger partial charge in [0.25, 0.3) is 0 Å². The Labute approximate surface area is 106 Å². The summed E-state index contributed by atoms with van der Waals surface area (Å²) in [5, 5.41) is 3.55. The smallest absolute Gasteiger partial charge is 0.222 e. The fourth-order valence-corrected chi connectivity index (χ4v) is 2.37. The topological polar surface area (TPSA) is 32.3 Å². The van der Waals surface area contributed by atoms with Crippen molar-refractivity contribution in [3.05, 3.63) is 0 Å². The van der Waals surface area contributed by atoms with Gasteiger partial charge in [0.15, 0.2) is 0 Å². The van der Waals surface area contributed by atoms with Gasteiger partial charge in [-0.15, -0.1) is 0 Å². The first-order valence-corrected chi connectivity index (χ1v) is 7.29. The Morgan fingerprint density at radius 3 is 2.47 bits per heavy atom. The molecule has 1 rings (SSSR count). The molecule has 1 aliphatic heterocycles. The number of hydrogen-bond acceptors (Lipinski definition) is 2. The lowest BCUT2D eigenvalue weighted by atomic mass is 10.0. The van der Waals surface area contributed by atoms with E-state index in [9.17, 15) is 4.79 Å². The minimum atomic E-state index is 0.368. The van der Waals surface area contributed by atoms with E-state index in [-0.39, 0.29) is 0 Å². The average Bonchev–Trinajstić information content (AvgIpc) is 2.37. The second-order valence-electron chi connectivity index (χ2n) is 5.07. The Bertz CT molecular complexity index is 210. The number of nitrogens with one attached hydrogen (secondary N) is 1. The maximum Gasteiger partial charge on any atom is 0.222 e. The molecule has 0 atom stereocenters. The Morgan fingerprint density at radius 1 is 1.18 bits per heavy atom. The first-order valence-electron chi connectivity index (χ1n) is 7.29. The highest BCUT2D eigenvalue weighted by molar-refractivity contribution is 5.76. The molecule has 0 aromatic heterocycles. The summed E-state index contributed by atoms with van der Waals surface area (Å²) in [6.07, 6.45) is 7.62. The molecule has 0 radical (unpaired) electrons. The van der Waals surface area contributed by atoms with Crippen LogP contribution in [0, 0.1) is 0 Å². The van der Waals surface area contributed by atoms with Crippen LogP contribution in [0.4, 0.5) is 0 Å². The monoisotopic (exact) mass is 240 g/mol. The van der Waals surface area contributed by atoms with Gasteiger partial charge in [0, 0.05) is 25.6 Å². The number of carbonyl (C=O) groups excluding carboxylic acids is 1. The van der Waals surface area contributed by atoms with Crippen molar-refractivity contribution in [2.75, 3.05) is 19.6 Å². The molecular weight excluding hydrogens is 212 g/mol. The third-order valence-electron chi connectivity index (χ3n) is 3.52. The number of nitrogens with zero attached hydrogens (tertiary/aromatic N) is 1. The number of rotatable bonds is 7. The summed E-state index contributed by atoms with van der Waals surface area (Å²) >= 11 is 0. The number of amides is 1. The fourth-order valence-electron chi connectivity index (χ4n) is 2.37. The molecule has 1 amide bonds. The van der Waals surface area contributed by atoms with Crippen LogP contribution in [0.3, 0.4) is 0 Å². The molecule has 0 spiro atoms. The lowest BCUT2D eigenvalue weighted by molar-refractivity contribution is -0.132. The highest BCUT2D eigenvalue weighted by atomic mass is 16.2. The van der Waals surface area contributed by atoms with Crippen LogP contribution in [-0.4, -0.2) is 36.5 Å². The zero-order valence-electron chi connectivity index (χ0n) is 11.5. The van der Waals surface area contributed by atoms with Crippen LogP contribution in [0.15, 0.2) is 0 Å². The number of hydrogen-bond donors (Lipinski definition) is 1. The van der Waals surface area contributed by atoms with E-state index in [4.69, 9.17) is 0 Å². The predicted octanol–water partition coefficient (Wildman–Crippen LogP) is 2.56. The molecular formula is C14H28N2O. The van der Waals surface area contributed by atoms with E-state index < -0.39 is 0 Å². The minimum Gasteiger partial charge on any atom is -0.343 e. The van der Waals surface area contributed by atoms with Crippen LogP contribution in [0.25, 0.3) is 0 Å². The van der Waals surface area contributed by atoms with Gasteiger partial charge in [-0.3, -0.25) is 4.79 Å². The van der Waals surface area contributed by atoms with Crippen molar-refractivity contribution in [2.45, 2.75) is 64.8 Å². The Balaban J connectivity index is 2.15. The fraction of sp³-hybridized carbons (Fsp3) is 0.929. The van der Waals surface area contributed by atoms with Crippen molar-refractivity contribution in [2.24, 2.45) is 0 Å². The van der Waals surface area contributed by atoms with E-state index >= 15 is 0 Å². The highest BCUT2D eigenvalue weighted by Gasteiger charge is 2.21. The van der Waals surface area contributed by atoms with Crippen molar-refractivity contribution in [1.82, 2.24) is 10.2 Å². The lowest BCUT2D eigenvalue weighted by Gasteiger charge is -2.32. The highest BCUT2D eigenvalue weighted by Crippen LogP contribution is 2.12. The van der Waals surface area contributed by atoms with Crippen LogP contribution < -0.4 is 5.32 Å². The second kappa shape index (κ2) is 8.51. The summed E-state index contributed by atoms with van der Waals surface area (Å²) in [5.74, 6) is 0.368. The molecule has 1 aliphatic rings. The van der Waals surface area contributed by atoms with Gasteiger partial charge in [0.05, 0.1) is 0 Å². The second-order valence-corrected chi connectivity index (χ2v) is 5.07. The number of likely N-dealkylation sites (tertiary alicyclic amines) is 1. The zero-order chi connectivity index (χ0) is 12.5. The van der Waals surface area contributed by atoms with Crippen LogP contribution in [0.1, 0.15) is 58.8 Å². The molecule has 0 aliphatic carbocycles. The Morgan fingerprint density at radius 2 is 1.88 bits per heavy atom. The van der Waals surface area contributed by atoms with Crippen molar-refractivity contribution in [3.8, 4) is 0 Å². The minimum absolute atomic E-state index is 0.368. The van der Waals surface area contributed by atoms with Gasteiger partial charge >= 0.3 is 0 Å². The van der Waals surface area contributed by atoms with Crippen molar-refractivity contribution in [1.29, 1.82) is 0 Å². The normalized spacial score (nSPS) is 17.4. The van der Waals surface area contributed by atoms with Gasteiger partial charge in [-0.1, -0.05) is 26.7 Å². The quantitative estimate of drug-likeness (QED) is 0.694. The molecule has 0 aromatic carbocycles. The molecule has 100 valence electrons. The molecule has 1 fully saturated rings. The van der Waals surface area contributed by atoms with E-state index in [1.807, 2.05) is 0 Å². The molecule has 0 aromatic rings. The van der Waals surface area contributed by atoms with Crippen LogP contribution in [0.2, 0.25) is 0 Å². The van der Waals surface area contributed by atoms with Crippen molar-refractivity contribution < 1.29 is 4.79 Å². The molecule has 3 nitrogen and oxygen atoms in total. The maximum atomic E-state index is 11.9. The molecule has 17 heavy (non-hydrogen) atoms. The summed E-state index contributed by atoms with van der Waals surface area (Å²) in [5.41, 5.74) is 0. The Kier molecular flexibility index (Phi) is 7.25. The molecule has 0 bridgehead atoms. The van der Waals surface area contributed by atoms with E-state index in [0.717, 1.165) is 45.3 Å². The predicted molar refractivity (Wildman–Crippen MR) is 72.0 cm³/mol. The summed E-state index contributed by atoms with van der Waals surface area (Å²) in [4.78, 5) is 14.0. The van der Waals surface area contributed by atoms with Gasteiger partial charge in [-0.25, -0.2) is 0 Å². The van der Waals surface area contributed by atoms with Crippen LogP contribution in [0.5, 0.6) is 0 Å². The maximum absolute atomic E-state index is 11.9. The third-order valence-corrected chi connectivity index (χ3v) is 3.52. The molecule has 1 saturated heterocycles. The molecule has 1 heterocycles. The van der Waals surface area contributed by atoms with Crippen LogP contribution in [-0.2, 0) is 4.79 Å². The summed E-state index contributed by atoms with van der Waals surface area (Å²) in [6, 6.07) is 0.634. The summed E-state index contributed by atoms with van der Waals surface area (Å²) in [7, 11) is 0. The van der Waals surface area contributed by atoms with Crippen molar-refractivity contribution in [3.63, 3.8) is 0 Å². The van der Waals surface area contributed by atoms with Gasteiger partial charge in [-0.05, 0) is 32.2 Å². The summed E-state index contributed by atoms with van der Waals surface area (Å²) in [6.45, 7) is 7.38. The molecule has 0 saturated carbocycles. The van der Waals surface area contributed by atoms with E-state index in [1.54, 1.807) is 0 Å². The van der Waals surface area contributed by atoms with Crippen molar-refractivity contribution >= 4 is 5.91 Å². The van der Waals surface area contributed by atoms with Crippen LogP contribution >= 0.6 is 0 Å². The van der Waals surface area contributed by atoms with Gasteiger partial charge in [0.1, 0.15) is 0 Å². The first-order chi connectivity index (χ1) is 8.27. The first kappa shape index (κ1) is 14.5. The summed E-state index contributed by atoms with van der Waals surface area (Å²) < 4.78 is 0. The third kappa shape index (κ3) is 5.53. The SMILES string of the molecule is CCCCCC(=O)N1CCC(NCCC)CC1. The van der Waals surface area contributed by atoms with Gasteiger partial charge < -0.3 is 10.2 Å². The molecule has 1 N–H and O–H groups in total.